The molecule has 0 atom stereocenters. The Kier molecular flexibility index (Phi) is 4.84. The van der Waals surface area contributed by atoms with Gasteiger partial charge in [0.05, 0.1) is 12.3 Å². The van der Waals surface area contributed by atoms with Crippen LogP contribution in [0.3, 0.4) is 0 Å². The largest absolute Gasteiger partial charge is 0.492 e. The van der Waals surface area contributed by atoms with Crippen molar-refractivity contribution in [2.75, 3.05) is 17.7 Å². The maximum atomic E-state index is 13.6. The van der Waals surface area contributed by atoms with Gasteiger partial charge in [-0.15, -0.1) is 0 Å². The molecule has 106 valence electrons. The number of anilines is 2. The minimum Gasteiger partial charge on any atom is -0.492 e. The highest BCUT2D eigenvalue weighted by Gasteiger charge is 2.05. The van der Waals surface area contributed by atoms with Crippen LogP contribution in [0.1, 0.15) is 12.5 Å². The molecule has 0 radical (unpaired) electrons. The van der Waals surface area contributed by atoms with Crippen LogP contribution in [0, 0.1) is 5.82 Å². The van der Waals surface area contributed by atoms with E-state index in [4.69, 9.17) is 10.5 Å². The Morgan fingerprint density at radius 1 is 1.25 bits per heavy atom. The summed E-state index contributed by atoms with van der Waals surface area (Å²) in [5.41, 5.74) is 7.82. The van der Waals surface area contributed by atoms with Gasteiger partial charge in [-0.05, 0) is 37.3 Å². The smallest absolute Gasteiger partial charge is 0.144 e. The number of ether oxygens (including phenoxy) is 1. The van der Waals surface area contributed by atoms with Gasteiger partial charge in [0.25, 0.3) is 0 Å². The number of hydrogen-bond acceptors (Lipinski definition) is 3. The Balaban J connectivity index is 2.10. The lowest BCUT2D eigenvalue weighted by Crippen LogP contribution is -2.03. The average Bonchev–Trinajstić information content (AvgIpc) is 2.43. The van der Waals surface area contributed by atoms with Crippen LogP contribution in [0.5, 0.6) is 5.75 Å². The van der Waals surface area contributed by atoms with Gasteiger partial charge < -0.3 is 15.8 Å². The molecule has 0 fully saturated rings. The number of halogens is 2. The Bertz CT molecular complexity index is 604. The van der Waals surface area contributed by atoms with Crippen molar-refractivity contribution >= 4 is 27.3 Å². The lowest BCUT2D eigenvalue weighted by atomic mass is 10.2. The molecule has 20 heavy (non-hydrogen) atoms. The Hall–Kier alpha value is -1.75. The first kappa shape index (κ1) is 14.7. The fourth-order valence-electron chi connectivity index (χ4n) is 1.80. The van der Waals surface area contributed by atoms with Crippen molar-refractivity contribution in [2.24, 2.45) is 0 Å². The second-order valence-corrected chi connectivity index (χ2v) is 5.19. The lowest BCUT2D eigenvalue weighted by Gasteiger charge is -2.11. The summed E-state index contributed by atoms with van der Waals surface area (Å²) >= 11 is 3.33. The molecule has 3 nitrogen and oxygen atoms in total. The van der Waals surface area contributed by atoms with Crippen molar-refractivity contribution in [2.45, 2.75) is 13.5 Å². The second-order valence-electron chi connectivity index (χ2n) is 4.27. The van der Waals surface area contributed by atoms with Gasteiger partial charge in [-0.1, -0.05) is 15.9 Å². The highest BCUT2D eigenvalue weighted by Crippen LogP contribution is 2.26. The fourth-order valence-corrected chi connectivity index (χ4v) is 2.21. The molecule has 0 saturated heterocycles. The Labute approximate surface area is 126 Å². The molecule has 0 bridgehead atoms. The standard InChI is InChI=1S/C15H16BrFN2O/c1-2-20-15-8-12(4-6-14(15)18)19-9-10-7-11(16)3-5-13(10)17/h3-8,19H,2,9,18H2,1H3. The topological polar surface area (TPSA) is 47.3 Å². The van der Waals surface area contributed by atoms with Gasteiger partial charge in [0.1, 0.15) is 11.6 Å². The molecule has 0 heterocycles. The number of nitrogens with one attached hydrogen (secondary N) is 1. The number of rotatable bonds is 5. The second kappa shape index (κ2) is 6.61. The van der Waals surface area contributed by atoms with E-state index in [1.807, 2.05) is 19.1 Å². The van der Waals surface area contributed by atoms with Crippen molar-refractivity contribution in [1.29, 1.82) is 0 Å². The number of nitrogen functional groups attached to an aromatic ring is 1. The summed E-state index contributed by atoms with van der Waals surface area (Å²) in [5.74, 6) is 0.397. The third-order valence-electron chi connectivity index (χ3n) is 2.80. The Morgan fingerprint density at radius 3 is 2.80 bits per heavy atom. The zero-order valence-electron chi connectivity index (χ0n) is 11.1. The van der Waals surface area contributed by atoms with Gasteiger partial charge in [-0.25, -0.2) is 4.39 Å². The molecule has 3 N–H and O–H groups in total. The molecule has 0 aliphatic heterocycles. The van der Waals surface area contributed by atoms with Gasteiger partial charge in [-0.3, -0.25) is 0 Å². The van der Waals surface area contributed by atoms with Crippen molar-refractivity contribution in [3.8, 4) is 5.75 Å². The summed E-state index contributed by atoms with van der Waals surface area (Å²) < 4.78 is 19.9. The van der Waals surface area contributed by atoms with E-state index < -0.39 is 0 Å². The summed E-state index contributed by atoms with van der Waals surface area (Å²) in [6.45, 7) is 2.84. The maximum Gasteiger partial charge on any atom is 0.144 e. The summed E-state index contributed by atoms with van der Waals surface area (Å²) in [7, 11) is 0. The molecular weight excluding hydrogens is 323 g/mol. The van der Waals surface area contributed by atoms with Crippen LogP contribution in [-0.2, 0) is 6.54 Å². The summed E-state index contributed by atoms with van der Waals surface area (Å²) in [6, 6.07) is 10.3. The van der Waals surface area contributed by atoms with E-state index in [0.717, 1.165) is 10.2 Å². The minimum absolute atomic E-state index is 0.235. The van der Waals surface area contributed by atoms with Gasteiger partial charge in [0, 0.05) is 28.3 Å². The van der Waals surface area contributed by atoms with Crippen LogP contribution >= 0.6 is 15.9 Å². The quantitative estimate of drug-likeness (QED) is 0.804. The van der Waals surface area contributed by atoms with Gasteiger partial charge in [0.15, 0.2) is 0 Å². The third-order valence-corrected chi connectivity index (χ3v) is 3.30. The van der Waals surface area contributed by atoms with E-state index in [0.29, 0.717) is 30.2 Å². The van der Waals surface area contributed by atoms with Gasteiger partial charge >= 0.3 is 0 Å². The maximum absolute atomic E-state index is 13.6. The van der Waals surface area contributed by atoms with E-state index in [-0.39, 0.29) is 5.82 Å². The van der Waals surface area contributed by atoms with Crippen molar-refractivity contribution < 1.29 is 9.13 Å². The van der Waals surface area contributed by atoms with Gasteiger partial charge in [-0.2, -0.15) is 0 Å². The monoisotopic (exact) mass is 338 g/mol. The summed E-state index contributed by atoms with van der Waals surface area (Å²) in [4.78, 5) is 0. The SMILES string of the molecule is CCOc1cc(NCc2cc(Br)ccc2F)ccc1N. The first-order valence-corrected chi connectivity index (χ1v) is 7.09. The summed E-state index contributed by atoms with van der Waals surface area (Å²) in [5, 5.41) is 3.16. The molecule has 5 heteroatoms. The van der Waals surface area contributed by atoms with Crippen LogP contribution < -0.4 is 15.8 Å². The van der Waals surface area contributed by atoms with E-state index in [2.05, 4.69) is 21.2 Å². The molecule has 0 spiro atoms. The summed E-state index contributed by atoms with van der Waals surface area (Å²) in [6.07, 6.45) is 0. The van der Waals surface area contributed by atoms with Crippen LogP contribution in [0.15, 0.2) is 40.9 Å². The third kappa shape index (κ3) is 3.63. The lowest BCUT2D eigenvalue weighted by molar-refractivity contribution is 0.342. The molecule has 0 aromatic heterocycles. The van der Waals surface area contributed by atoms with Crippen LogP contribution in [-0.4, -0.2) is 6.61 Å². The number of benzene rings is 2. The van der Waals surface area contributed by atoms with Crippen LogP contribution in [0.25, 0.3) is 0 Å². The molecule has 0 amide bonds. The highest BCUT2D eigenvalue weighted by molar-refractivity contribution is 9.10. The fraction of sp³-hybridized carbons (Fsp3) is 0.200. The first-order chi connectivity index (χ1) is 9.60. The normalized spacial score (nSPS) is 10.3. The zero-order valence-corrected chi connectivity index (χ0v) is 12.7. The van der Waals surface area contributed by atoms with E-state index in [1.165, 1.54) is 6.07 Å². The molecular formula is C15H16BrFN2O. The molecule has 0 aliphatic rings. The molecule has 2 rings (SSSR count). The van der Waals surface area contributed by atoms with Gasteiger partial charge in [0.2, 0.25) is 0 Å². The van der Waals surface area contributed by atoms with Crippen LogP contribution in [0.4, 0.5) is 15.8 Å². The van der Waals surface area contributed by atoms with Crippen molar-refractivity contribution in [3.63, 3.8) is 0 Å². The van der Waals surface area contributed by atoms with E-state index in [9.17, 15) is 4.39 Å². The van der Waals surface area contributed by atoms with E-state index in [1.54, 1.807) is 18.2 Å². The van der Waals surface area contributed by atoms with E-state index >= 15 is 0 Å². The average molecular weight is 339 g/mol. The van der Waals surface area contributed by atoms with Crippen molar-refractivity contribution in [1.82, 2.24) is 0 Å². The highest BCUT2D eigenvalue weighted by atomic mass is 79.9. The molecule has 2 aromatic rings. The van der Waals surface area contributed by atoms with Crippen molar-refractivity contribution in [3.05, 3.63) is 52.3 Å². The Morgan fingerprint density at radius 2 is 2.05 bits per heavy atom. The zero-order chi connectivity index (χ0) is 14.5. The molecule has 0 unspecified atom stereocenters. The first-order valence-electron chi connectivity index (χ1n) is 6.30. The minimum atomic E-state index is -0.235. The molecule has 2 aromatic carbocycles. The van der Waals surface area contributed by atoms with Crippen LogP contribution in [0.2, 0.25) is 0 Å². The molecule has 0 aliphatic carbocycles. The molecule has 0 saturated carbocycles. The predicted molar refractivity (Wildman–Crippen MR) is 83.5 cm³/mol. The number of nitrogens with two attached hydrogens (primary N) is 1. The predicted octanol–water partition coefficient (Wildman–Crippen LogP) is 4.18. The number of hydrogen-bond donors (Lipinski definition) is 2.